The van der Waals surface area contributed by atoms with Crippen LogP contribution in [-0.2, 0) is 0 Å². The number of hydrogen-bond acceptors (Lipinski definition) is 4. The van der Waals surface area contributed by atoms with Crippen molar-refractivity contribution < 1.29 is 9.47 Å². The number of methoxy groups -OCH3 is 2. The molecule has 4 aromatic carbocycles. The number of ether oxygens (including phenoxy) is 2. The molecule has 4 rings (SSSR count). The zero-order chi connectivity index (χ0) is 23.0. The van der Waals surface area contributed by atoms with E-state index in [1.54, 1.807) is 14.2 Å². The summed E-state index contributed by atoms with van der Waals surface area (Å²) in [5.74, 6) is 1.66. The van der Waals surface area contributed by atoms with Crippen LogP contribution < -0.4 is 20.1 Å². The molecule has 2 atom stereocenters. The maximum Gasteiger partial charge on any atom is 0.119 e. The van der Waals surface area contributed by atoms with Crippen molar-refractivity contribution in [3.63, 3.8) is 0 Å². The van der Waals surface area contributed by atoms with E-state index in [1.807, 2.05) is 54.6 Å². The number of benzene rings is 4. The quantitative estimate of drug-likeness (QED) is 0.249. The van der Waals surface area contributed by atoms with E-state index < -0.39 is 0 Å². The van der Waals surface area contributed by atoms with E-state index in [-0.39, 0.29) is 12.1 Å². The van der Waals surface area contributed by atoms with Gasteiger partial charge in [0.2, 0.25) is 0 Å². The van der Waals surface area contributed by atoms with Gasteiger partial charge in [-0.15, -0.1) is 0 Å². The fraction of sp³-hybridized carbons (Fsp3) is 0.143. The Morgan fingerprint density at radius 3 is 1.45 bits per heavy atom. The monoisotopic (exact) mass is 502 g/mol. The standard InChI is InChI=1S/C28H27BrN2O2/c1-32-25-16-8-21(9-17-25)28(31-24-14-18-26(33-2)19-15-24)27(20-6-4-3-5-7-20)30-23-12-10-22(29)11-13-23/h3-19,27-28,30-31H,1-2H3/t27-,28-/m1/s1. The van der Waals surface area contributed by atoms with E-state index >= 15 is 0 Å². The Labute approximate surface area is 203 Å². The SMILES string of the molecule is COc1ccc(N[C@H](c2ccc(OC)cc2)[C@H](Nc2ccc(Br)cc2)c2ccccc2)cc1. The van der Waals surface area contributed by atoms with Gasteiger partial charge in [-0.25, -0.2) is 0 Å². The first-order valence-corrected chi connectivity index (χ1v) is 11.6. The first-order valence-electron chi connectivity index (χ1n) is 10.8. The van der Waals surface area contributed by atoms with Crippen molar-refractivity contribution in [1.82, 2.24) is 0 Å². The number of hydrogen-bond donors (Lipinski definition) is 2. The second-order valence-electron chi connectivity index (χ2n) is 7.66. The third kappa shape index (κ3) is 5.88. The Balaban J connectivity index is 1.75. The molecule has 0 amide bonds. The van der Waals surface area contributed by atoms with Crippen LogP contribution in [0.4, 0.5) is 11.4 Å². The van der Waals surface area contributed by atoms with Crippen LogP contribution in [0.15, 0.2) is 108 Å². The molecule has 0 fully saturated rings. The van der Waals surface area contributed by atoms with Crippen molar-refractivity contribution in [1.29, 1.82) is 0 Å². The molecular weight excluding hydrogens is 476 g/mol. The van der Waals surface area contributed by atoms with Crippen molar-refractivity contribution in [2.24, 2.45) is 0 Å². The highest BCUT2D eigenvalue weighted by Gasteiger charge is 2.25. The van der Waals surface area contributed by atoms with Gasteiger partial charge in [0.25, 0.3) is 0 Å². The number of nitrogens with one attached hydrogen (secondary N) is 2. The molecule has 33 heavy (non-hydrogen) atoms. The Hall–Kier alpha value is -3.44. The molecule has 0 unspecified atom stereocenters. The third-order valence-electron chi connectivity index (χ3n) is 5.55. The first-order chi connectivity index (χ1) is 16.2. The van der Waals surface area contributed by atoms with Gasteiger partial charge in [0.05, 0.1) is 26.3 Å². The molecule has 0 saturated heterocycles. The van der Waals surface area contributed by atoms with E-state index in [0.717, 1.165) is 32.9 Å². The normalized spacial score (nSPS) is 12.5. The molecule has 5 heteroatoms. The second-order valence-corrected chi connectivity index (χ2v) is 8.58. The Kier molecular flexibility index (Phi) is 7.53. The number of halogens is 1. The summed E-state index contributed by atoms with van der Waals surface area (Å²) in [4.78, 5) is 0. The van der Waals surface area contributed by atoms with E-state index in [0.29, 0.717) is 0 Å². The van der Waals surface area contributed by atoms with Gasteiger partial charge in [-0.1, -0.05) is 58.4 Å². The fourth-order valence-corrected chi connectivity index (χ4v) is 4.05. The molecule has 0 aliphatic heterocycles. The van der Waals surface area contributed by atoms with Gasteiger partial charge in [0.15, 0.2) is 0 Å². The second kappa shape index (κ2) is 10.9. The van der Waals surface area contributed by atoms with Gasteiger partial charge < -0.3 is 20.1 Å². The smallest absolute Gasteiger partial charge is 0.119 e. The van der Waals surface area contributed by atoms with E-state index in [4.69, 9.17) is 9.47 Å². The van der Waals surface area contributed by atoms with Crippen molar-refractivity contribution in [3.05, 3.63) is 119 Å². The summed E-state index contributed by atoms with van der Waals surface area (Å²) in [7, 11) is 3.36. The third-order valence-corrected chi connectivity index (χ3v) is 6.07. The van der Waals surface area contributed by atoms with Gasteiger partial charge in [-0.05, 0) is 71.8 Å². The lowest BCUT2D eigenvalue weighted by Gasteiger charge is -2.31. The van der Waals surface area contributed by atoms with Crippen molar-refractivity contribution in [2.75, 3.05) is 24.9 Å². The molecular formula is C28H27BrN2O2. The molecule has 0 radical (unpaired) electrons. The van der Waals surface area contributed by atoms with Crippen LogP contribution in [-0.4, -0.2) is 14.2 Å². The molecule has 2 N–H and O–H groups in total. The lowest BCUT2D eigenvalue weighted by atomic mass is 9.92. The zero-order valence-corrected chi connectivity index (χ0v) is 20.3. The average Bonchev–Trinajstić information content (AvgIpc) is 2.88. The van der Waals surface area contributed by atoms with E-state index in [9.17, 15) is 0 Å². The molecule has 0 aliphatic carbocycles. The maximum atomic E-state index is 5.39. The largest absolute Gasteiger partial charge is 0.497 e. The summed E-state index contributed by atoms with van der Waals surface area (Å²) in [5, 5.41) is 7.50. The predicted molar refractivity (Wildman–Crippen MR) is 139 cm³/mol. The number of rotatable bonds is 9. The summed E-state index contributed by atoms with van der Waals surface area (Å²) in [6.45, 7) is 0. The molecule has 4 nitrogen and oxygen atoms in total. The summed E-state index contributed by atoms with van der Waals surface area (Å²) < 4.78 is 11.8. The highest BCUT2D eigenvalue weighted by Crippen LogP contribution is 2.36. The lowest BCUT2D eigenvalue weighted by Crippen LogP contribution is -2.25. The van der Waals surface area contributed by atoms with Crippen molar-refractivity contribution in [3.8, 4) is 11.5 Å². The fourth-order valence-electron chi connectivity index (χ4n) is 3.78. The molecule has 0 bridgehead atoms. The van der Waals surface area contributed by atoms with Gasteiger partial charge in [0.1, 0.15) is 11.5 Å². The summed E-state index contributed by atoms with van der Waals surface area (Å²) in [6, 6.07) is 34.9. The highest BCUT2D eigenvalue weighted by molar-refractivity contribution is 9.10. The minimum Gasteiger partial charge on any atom is -0.497 e. The average molecular weight is 503 g/mol. The van der Waals surface area contributed by atoms with Crippen LogP contribution in [0.3, 0.4) is 0 Å². The molecule has 0 spiro atoms. The van der Waals surface area contributed by atoms with Crippen LogP contribution in [0.5, 0.6) is 11.5 Å². The molecule has 0 heterocycles. The molecule has 0 aromatic heterocycles. The van der Waals surface area contributed by atoms with Crippen molar-refractivity contribution in [2.45, 2.75) is 12.1 Å². The zero-order valence-electron chi connectivity index (χ0n) is 18.7. The minimum atomic E-state index is -0.0599. The molecule has 168 valence electrons. The predicted octanol–water partition coefficient (Wildman–Crippen LogP) is 7.47. The van der Waals surface area contributed by atoms with Crippen LogP contribution >= 0.6 is 15.9 Å². The van der Waals surface area contributed by atoms with Gasteiger partial charge >= 0.3 is 0 Å². The molecule has 4 aromatic rings. The van der Waals surface area contributed by atoms with E-state index in [2.05, 4.69) is 75.1 Å². The Morgan fingerprint density at radius 2 is 0.970 bits per heavy atom. The minimum absolute atomic E-state index is 0.0390. The maximum absolute atomic E-state index is 5.39. The van der Waals surface area contributed by atoms with Gasteiger partial charge in [-0.3, -0.25) is 0 Å². The van der Waals surface area contributed by atoms with Crippen LogP contribution in [0.25, 0.3) is 0 Å². The summed E-state index contributed by atoms with van der Waals surface area (Å²) in [6.07, 6.45) is 0. The number of anilines is 2. The summed E-state index contributed by atoms with van der Waals surface area (Å²) >= 11 is 3.53. The van der Waals surface area contributed by atoms with Crippen molar-refractivity contribution >= 4 is 27.3 Å². The molecule has 0 aliphatic rings. The van der Waals surface area contributed by atoms with Gasteiger partial charge in [0, 0.05) is 15.8 Å². The Bertz CT molecular complexity index is 1130. The summed E-state index contributed by atoms with van der Waals surface area (Å²) in [5.41, 5.74) is 4.38. The van der Waals surface area contributed by atoms with Gasteiger partial charge in [-0.2, -0.15) is 0 Å². The van der Waals surface area contributed by atoms with Crippen LogP contribution in [0.1, 0.15) is 23.2 Å². The first kappa shape index (κ1) is 22.7. The lowest BCUT2D eigenvalue weighted by molar-refractivity contribution is 0.414. The highest BCUT2D eigenvalue weighted by atomic mass is 79.9. The van der Waals surface area contributed by atoms with Crippen LogP contribution in [0, 0.1) is 0 Å². The molecule has 0 saturated carbocycles. The topological polar surface area (TPSA) is 42.5 Å². The van der Waals surface area contributed by atoms with E-state index in [1.165, 1.54) is 5.56 Å². The Morgan fingerprint density at radius 1 is 0.545 bits per heavy atom. The van der Waals surface area contributed by atoms with Crippen LogP contribution in [0.2, 0.25) is 0 Å².